The first kappa shape index (κ1) is 16.6. The van der Waals surface area contributed by atoms with Crippen LogP contribution in [0.3, 0.4) is 0 Å². The van der Waals surface area contributed by atoms with Crippen LogP contribution >= 0.6 is 0 Å². The van der Waals surface area contributed by atoms with Crippen molar-refractivity contribution in [1.29, 1.82) is 0 Å². The van der Waals surface area contributed by atoms with Crippen molar-refractivity contribution in [3.63, 3.8) is 0 Å². The SMILES string of the molecule is CCOc1ccc(-c2noc(CCC(=O)Nc3cccnc3)n2)cc1. The zero-order valence-corrected chi connectivity index (χ0v) is 13.8. The lowest BCUT2D eigenvalue weighted by molar-refractivity contribution is -0.116. The highest BCUT2D eigenvalue weighted by atomic mass is 16.5. The third-order valence-electron chi connectivity index (χ3n) is 3.40. The molecule has 0 radical (unpaired) electrons. The number of ether oxygens (including phenoxy) is 1. The molecular weight excluding hydrogens is 320 g/mol. The van der Waals surface area contributed by atoms with Crippen molar-refractivity contribution in [2.75, 3.05) is 11.9 Å². The molecule has 1 amide bonds. The number of aromatic nitrogens is 3. The highest BCUT2D eigenvalue weighted by Crippen LogP contribution is 2.20. The van der Waals surface area contributed by atoms with E-state index in [0.717, 1.165) is 11.3 Å². The van der Waals surface area contributed by atoms with Crippen LogP contribution in [0.5, 0.6) is 5.75 Å². The smallest absolute Gasteiger partial charge is 0.227 e. The van der Waals surface area contributed by atoms with Crippen LogP contribution in [0.25, 0.3) is 11.4 Å². The number of pyridine rings is 1. The number of amides is 1. The van der Waals surface area contributed by atoms with Crippen molar-refractivity contribution in [2.24, 2.45) is 0 Å². The van der Waals surface area contributed by atoms with Gasteiger partial charge in [0, 0.05) is 24.6 Å². The summed E-state index contributed by atoms with van der Waals surface area (Å²) < 4.78 is 10.6. The predicted molar refractivity (Wildman–Crippen MR) is 92.1 cm³/mol. The lowest BCUT2D eigenvalue weighted by atomic mass is 10.2. The molecule has 1 N–H and O–H groups in total. The number of anilines is 1. The minimum absolute atomic E-state index is 0.131. The van der Waals surface area contributed by atoms with Gasteiger partial charge in [-0.2, -0.15) is 4.98 Å². The van der Waals surface area contributed by atoms with Gasteiger partial charge in [-0.25, -0.2) is 0 Å². The van der Waals surface area contributed by atoms with Crippen LogP contribution in [0.1, 0.15) is 19.2 Å². The highest BCUT2D eigenvalue weighted by molar-refractivity contribution is 5.90. The van der Waals surface area contributed by atoms with Crippen molar-refractivity contribution >= 4 is 11.6 Å². The molecule has 2 aromatic heterocycles. The summed E-state index contributed by atoms with van der Waals surface area (Å²) in [6.07, 6.45) is 3.86. The first-order valence-electron chi connectivity index (χ1n) is 8.00. The Morgan fingerprint density at radius 1 is 1.24 bits per heavy atom. The van der Waals surface area contributed by atoms with Crippen LogP contribution in [0.2, 0.25) is 0 Å². The number of nitrogens with one attached hydrogen (secondary N) is 1. The van der Waals surface area contributed by atoms with Crippen LogP contribution in [-0.2, 0) is 11.2 Å². The maximum atomic E-state index is 11.9. The van der Waals surface area contributed by atoms with Gasteiger partial charge in [0.05, 0.1) is 18.5 Å². The molecule has 7 nitrogen and oxygen atoms in total. The molecule has 1 aromatic carbocycles. The molecule has 7 heteroatoms. The zero-order chi connectivity index (χ0) is 17.5. The number of aryl methyl sites for hydroxylation is 1. The van der Waals surface area contributed by atoms with E-state index in [-0.39, 0.29) is 12.3 Å². The fourth-order valence-corrected chi connectivity index (χ4v) is 2.22. The van der Waals surface area contributed by atoms with E-state index in [2.05, 4.69) is 20.4 Å². The molecule has 0 aliphatic heterocycles. The Kier molecular flexibility index (Phi) is 5.36. The first-order chi connectivity index (χ1) is 12.2. The average molecular weight is 338 g/mol. The summed E-state index contributed by atoms with van der Waals surface area (Å²) in [4.78, 5) is 20.2. The maximum absolute atomic E-state index is 11.9. The second-order valence-electron chi connectivity index (χ2n) is 5.26. The largest absolute Gasteiger partial charge is 0.494 e. The van der Waals surface area contributed by atoms with Gasteiger partial charge >= 0.3 is 0 Å². The van der Waals surface area contributed by atoms with Gasteiger partial charge in [-0.1, -0.05) is 5.16 Å². The number of benzene rings is 1. The molecule has 0 spiro atoms. The van der Waals surface area contributed by atoms with E-state index in [9.17, 15) is 4.79 Å². The molecule has 128 valence electrons. The van der Waals surface area contributed by atoms with Gasteiger partial charge in [0.1, 0.15) is 5.75 Å². The van der Waals surface area contributed by atoms with Crippen LogP contribution < -0.4 is 10.1 Å². The number of carbonyl (C=O) groups is 1. The fraction of sp³-hybridized carbons (Fsp3) is 0.222. The molecule has 0 fully saturated rings. The monoisotopic (exact) mass is 338 g/mol. The molecule has 0 atom stereocenters. The third kappa shape index (κ3) is 4.63. The summed E-state index contributed by atoms with van der Waals surface area (Å²) in [6.45, 7) is 2.55. The Labute approximate surface area is 145 Å². The number of nitrogens with zero attached hydrogens (tertiary/aromatic N) is 3. The lowest BCUT2D eigenvalue weighted by Crippen LogP contribution is -2.12. The second kappa shape index (κ2) is 8.05. The van der Waals surface area contributed by atoms with E-state index in [1.54, 1.807) is 24.5 Å². The van der Waals surface area contributed by atoms with Crippen LogP contribution in [-0.4, -0.2) is 27.6 Å². The standard InChI is InChI=1S/C18H18N4O3/c1-2-24-15-7-5-13(6-8-15)18-21-17(25-22-18)10-9-16(23)20-14-4-3-11-19-12-14/h3-8,11-12H,2,9-10H2,1H3,(H,20,23). The topological polar surface area (TPSA) is 90.1 Å². The lowest BCUT2D eigenvalue weighted by Gasteiger charge is -2.02. The molecule has 0 saturated heterocycles. The molecule has 0 bridgehead atoms. The van der Waals surface area contributed by atoms with Crippen LogP contribution in [0, 0.1) is 0 Å². The van der Waals surface area contributed by atoms with Gasteiger partial charge in [0.2, 0.25) is 17.6 Å². The van der Waals surface area contributed by atoms with Gasteiger partial charge in [-0.3, -0.25) is 9.78 Å². The number of hydrogen-bond acceptors (Lipinski definition) is 6. The number of carbonyl (C=O) groups excluding carboxylic acids is 1. The molecular formula is C18H18N4O3. The van der Waals surface area contributed by atoms with Crippen molar-refractivity contribution in [2.45, 2.75) is 19.8 Å². The second-order valence-corrected chi connectivity index (χ2v) is 5.26. The maximum Gasteiger partial charge on any atom is 0.227 e. The van der Waals surface area contributed by atoms with Gasteiger partial charge < -0.3 is 14.6 Å². The van der Waals surface area contributed by atoms with Gasteiger partial charge in [-0.15, -0.1) is 0 Å². The molecule has 0 saturated carbocycles. The Morgan fingerprint density at radius 3 is 2.80 bits per heavy atom. The summed E-state index contributed by atoms with van der Waals surface area (Å²) in [5.74, 6) is 1.58. The third-order valence-corrected chi connectivity index (χ3v) is 3.40. The minimum atomic E-state index is -0.131. The van der Waals surface area contributed by atoms with Crippen LogP contribution in [0.4, 0.5) is 5.69 Å². The van der Waals surface area contributed by atoms with Crippen molar-refractivity contribution in [3.05, 3.63) is 54.7 Å². The van der Waals surface area contributed by atoms with Crippen molar-refractivity contribution in [1.82, 2.24) is 15.1 Å². The average Bonchev–Trinajstić information content (AvgIpc) is 3.11. The summed E-state index contributed by atoms with van der Waals surface area (Å²) in [5.41, 5.74) is 1.49. The van der Waals surface area contributed by atoms with Crippen LogP contribution in [0.15, 0.2) is 53.3 Å². The van der Waals surface area contributed by atoms with Gasteiger partial charge in [0.15, 0.2) is 0 Å². The Balaban J connectivity index is 1.55. The molecule has 3 rings (SSSR count). The highest BCUT2D eigenvalue weighted by Gasteiger charge is 2.11. The molecule has 0 unspecified atom stereocenters. The van der Waals surface area contributed by atoms with E-state index < -0.39 is 0 Å². The van der Waals surface area contributed by atoms with Gasteiger partial charge in [0.25, 0.3) is 0 Å². The minimum Gasteiger partial charge on any atom is -0.494 e. The Bertz CT molecular complexity index is 816. The molecule has 0 aliphatic carbocycles. The Morgan fingerprint density at radius 2 is 2.08 bits per heavy atom. The molecule has 0 aliphatic rings. The van der Waals surface area contributed by atoms with E-state index in [1.165, 1.54) is 0 Å². The summed E-state index contributed by atoms with van der Waals surface area (Å²) >= 11 is 0. The van der Waals surface area contributed by atoms with E-state index >= 15 is 0 Å². The van der Waals surface area contributed by atoms with Crippen molar-refractivity contribution in [3.8, 4) is 17.1 Å². The van der Waals surface area contributed by atoms with E-state index in [0.29, 0.717) is 30.4 Å². The Hall–Kier alpha value is -3.22. The quantitative estimate of drug-likeness (QED) is 0.712. The predicted octanol–water partition coefficient (Wildman–Crippen LogP) is 3.10. The van der Waals surface area contributed by atoms with Crippen molar-refractivity contribution < 1.29 is 14.1 Å². The molecule has 2 heterocycles. The summed E-state index contributed by atoms with van der Waals surface area (Å²) in [7, 11) is 0. The first-order valence-corrected chi connectivity index (χ1v) is 8.00. The number of rotatable bonds is 7. The molecule has 25 heavy (non-hydrogen) atoms. The van der Waals surface area contributed by atoms with E-state index in [1.807, 2.05) is 31.2 Å². The molecule has 3 aromatic rings. The fourth-order valence-electron chi connectivity index (χ4n) is 2.22. The number of hydrogen-bond donors (Lipinski definition) is 1. The zero-order valence-electron chi connectivity index (χ0n) is 13.8. The summed E-state index contributed by atoms with van der Waals surface area (Å²) in [6, 6.07) is 11.0. The van der Waals surface area contributed by atoms with E-state index in [4.69, 9.17) is 9.26 Å². The van der Waals surface area contributed by atoms with Gasteiger partial charge in [-0.05, 0) is 43.3 Å². The summed E-state index contributed by atoms with van der Waals surface area (Å²) in [5, 5.41) is 6.72. The normalized spacial score (nSPS) is 10.4.